The van der Waals surface area contributed by atoms with Gasteiger partial charge in [-0.25, -0.2) is 0 Å². The van der Waals surface area contributed by atoms with Gasteiger partial charge < -0.3 is 8.97 Å². The van der Waals surface area contributed by atoms with Crippen LogP contribution >= 0.6 is 0 Å². The van der Waals surface area contributed by atoms with Crippen LogP contribution in [0.3, 0.4) is 0 Å². The Hall–Kier alpha value is -5.08. The predicted octanol–water partition coefficient (Wildman–Crippen LogP) is 9.49. The number of aromatic nitrogens is 2. The molecule has 0 spiro atoms. The maximum atomic E-state index is 2.51. The maximum Gasteiger partial charge on any atom is 0.0810 e. The lowest BCUT2D eigenvalue weighted by atomic mass is 9.97. The molecule has 4 heterocycles. The topological polar surface area (TPSA) is 9.34 Å². The van der Waals surface area contributed by atoms with Gasteiger partial charge in [-0.3, -0.25) is 0 Å². The Morgan fingerprint density at radius 1 is 0.721 bits per heavy atom. The van der Waals surface area contributed by atoms with Gasteiger partial charge in [-0.15, -0.1) is 0 Å². The van der Waals surface area contributed by atoms with Crippen LogP contribution in [0.5, 0.6) is 0 Å². The van der Waals surface area contributed by atoms with Crippen molar-refractivity contribution in [1.29, 1.82) is 0 Å². The van der Waals surface area contributed by atoms with Crippen molar-refractivity contribution in [2.24, 2.45) is 0 Å². The summed E-state index contributed by atoms with van der Waals surface area (Å²) in [5.41, 5.74) is 13.9. The average Bonchev–Trinajstić information content (AvgIpc) is 3.67. The number of allylic oxidation sites excluding steroid dienone is 5. The molecule has 0 N–H and O–H groups in total. The van der Waals surface area contributed by atoms with Gasteiger partial charge in [0.1, 0.15) is 0 Å². The molecular formula is C41H34N2. The van der Waals surface area contributed by atoms with Crippen LogP contribution in [0.2, 0.25) is 0 Å². The maximum absolute atomic E-state index is 2.51. The molecule has 208 valence electrons. The SMILES string of the molecule is C\C=C/C=C\C(C)=C\c1cc(-c2ccc3c(c2)c2c(c4c5c(c6cccc2n64)=CCCC=5)n3-c2ccccc2)ccc1C. The molecule has 4 aromatic heterocycles. The minimum atomic E-state index is 1.09. The minimum Gasteiger partial charge on any atom is -0.307 e. The Bertz CT molecular complexity index is 2410. The van der Waals surface area contributed by atoms with Gasteiger partial charge in [0.05, 0.1) is 27.6 Å². The van der Waals surface area contributed by atoms with E-state index in [2.05, 4.69) is 150 Å². The highest BCUT2D eigenvalue weighted by Crippen LogP contribution is 2.41. The van der Waals surface area contributed by atoms with Gasteiger partial charge in [0.25, 0.3) is 0 Å². The molecule has 0 amide bonds. The van der Waals surface area contributed by atoms with Crippen LogP contribution in [0.15, 0.2) is 115 Å². The van der Waals surface area contributed by atoms with Gasteiger partial charge in [0, 0.05) is 26.9 Å². The number of hydrogen-bond acceptors (Lipinski definition) is 0. The summed E-state index contributed by atoms with van der Waals surface area (Å²) in [4.78, 5) is 0. The highest BCUT2D eigenvalue weighted by Gasteiger charge is 2.24. The monoisotopic (exact) mass is 554 g/mol. The fraction of sp³-hybridized carbons (Fsp3) is 0.122. The lowest BCUT2D eigenvalue weighted by molar-refractivity contribution is 1.13. The van der Waals surface area contributed by atoms with Gasteiger partial charge in [-0.05, 0) is 98.3 Å². The fourth-order valence-corrected chi connectivity index (χ4v) is 7.04. The number of pyridine rings is 1. The molecule has 0 unspecified atom stereocenters. The van der Waals surface area contributed by atoms with Crippen LogP contribution in [-0.4, -0.2) is 8.97 Å². The largest absolute Gasteiger partial charge is 0.307 e. The first-order valence-corrected chi connectivity index (χ1v) is 15.3. The smallest absolute Gasteiger partial charge is 0.0810 e. The molecule has 8 rings (SSSR count). The summed E-state index contributed by atoms with van der Waals surface area (Å²) in [7, 11) is 0. The number of fused-ring (bicyclic) bond motifs is 8. The standard InChI is InChI=1S/C41H34N2/c1-4-5-7-13-27(2)24-31-25-29(21-20-28(31)3)30-22-23-37-35(26-30)39-38-19-12-18-36-33-16-10-11-17-34(33)40(43(36)38)41(39)42(37)32-14-8-6-9-15-32/h4-9,12-26H,10-11H2,1-3H3/b5-4-,13-7-,27-24+. The zero-order valence-electron chi connectivity index (χ0n) is 24.9. The van der Waals surface area contributed by atoms with E-state index in [1.54, 1.807) is 0 Å². The molecule has 0 bridgehead atoms. The zero-order valence-corrected chi connectivity index (χ0v) is 24.9. The molecule has 7 aromatic rings. The molecule has 0 fully saturated rings. The summed E-state index contributed by atoms with van der Waals surface area (Å²) in [6, 6.07) is 31.5. The summed E-state index contributed by atoms with van der Waals surface area (Å²) in [5.74, 6) is 0. The van der Waals surface area contributed by atoms with Crippen molar-refractivity contribution in [3.63, 3.8) is 0 Å². The summed E-state index contributed by atoms with van der Waals surface area (Å²) < 4.78 is 5.00. The van der Waals surface area contributed by atoms with E-state index in [1.165, 1.54) is 82.3 Å². The third-order valence-electron chi connectivity index (χ3n) is 9.02. The average molecular weight is 555 g/mol. The Labute approximate surface area is 251 Å². The Morgan fingerprint density at radius 2 is 1.49 bits per heavy atom. The first-order valence-electron chi connectivity index (χ1n) is 15.3. The van der Waals surface area contributed by atoms with Gasteiger partial charge in [0.15, 0.2) is 0 Å². The molecule has 1 aliphatic rings. The van der Waals surface area contributed by atoms with E-state index in [9.17, 15) is 0 Å². The van der Waals surface area contributed by atoms with E-state index in [0.717, 1.165) is 12.8 Å². The third-order valence-corrected chi connectivity index (χ3v) is 9.02. The van der Waals surface area contributed by atoms with Crippen molar-refractivity contribution in [2.75, 3.05) is 0 Å². The lowest BCUT2D eigenvalue weighted by Crippen LogP contribution is -2.23. The predicted molar refractivity (Wildman–Crippen MR) is 186 cm³/mol. The van der Waals surface area contributed by atoms with E-state index >= 15 is 0 Å². The molecule has 2 nitrogen and oxygen atoms in total. The van der Waals surface area contributed by atoms with Crippen molar-refractivity contribution >= 4 is 56.6 Å². The van der Waals surface area contributed by atoms with Crippen molar-refractivity contribution in [3.8, 4) is 16.8 Å². The Morgan fingerprint density at radius 3 is 2.33 bits per heavy atom. The van der Waals surface area contributed by atoms with Crippen LogP contribution in [0.4, 0.5) is 0 Å². The molecule has 0 aliphatic heterocycles. The van der Waals surface area contributed by atoms with Crippen molar-refractivity contribution in [1.82, 2.24) is 8.97 Å². The highest BCUT2D eigenvalue weighted by atomic mass is 15.0. The normalized spacial score (nSPS) is 14.1. The van der Waals surface area contributed by atoms with Crippen LogP contribution in [0.25, 0.3) is 73.4 Å². The quantitative estimate of drug-likeness (QED) is 0.187. The van der Waals surface area contributed by atoms with Crippen LogP contribution in [0, 0.1) is 6.92 Å². The minimum absolute atomic E-state index is 1.09. The van der Waals surface area contributed by atoms with Gasteiger partial charge in [-0.2, -0.15) is 0 Å². The van der Waals surface area contributed by atoms with Crippen molar-refractivity contribution in [3.05, 3.63) is 136 Å². The van der Waals surface area contributed by atoms with Gasteiger partial charge in [0.2, 0.25) is 0 Å². The second kappa shape index (κ2) is 10.0. The number of benzene rings is 3. The molecule has 0 radical (unpaired) electrons. The number of rotatable bonds is 5. The van der Waals surface area contributed by atoms with E-state index in [4.69, 9.17) is 0 Å². The van der Waals surface area contributed by atoms with Gasteiger partial charge >= 0.3 is 0 Å². The number of nitrogens with zero attached hydrogens (tertiary/aromatic N) is 2. The second-order valence-electron chi connectivity index (χ2n) is 11.8. The molecule has 0 saturated carbocycles. The summed E-state index contributed by atoms with van der Waals surface area (Å²) in [6.45, 7) is 6.40. The first kappa shape index (κ1) is 25.6. The Kier molecular flexibility index (Phi) is 5.97. The van der Waals surface area contributed by atoms with Crippen LogP contribution < -0.4 is 10.4 Å². The molecule has 0 saturated heterocycles. The first-order chi connectivity index (χ1) is 21.1. The molecule has 0 atom stereocenters. The molecule has 2 heteroatoms. The highest BCUT2D eigenvalue weighted by molar-refractivity contribution is 6.23. The van der Waals surface area contributed by atoms with Crippen molar-refractivity contribution in [2.45, 2.75) is 33.6 Å². The fourth-order valence-electron chi connectivity index (χ4n) is 7.04. The van der Waals surface area contributed by atoms with Crippen molar-refractivity contribution < 1.29 is 0 Å². The summed E-state index contributed by atoms with van der Waals surface area (Å²) in [5, 5.41) is 5.39. The number of hydrogen-bond donors (Lipinski definition) is 0. The molecular weight excluding hydrogens is 520 g/mol. The lowest BCUT2D eigenvalue weighted by Gasteiger charge is -2.10. The van der Waals surface area contributed by atoms with Crippen LogP contribution in [0.1, 0.15) is 37.8 Å². The molecule has 43 heavy (non-hydrogen) atoms. The number of aryl methyl sites for hydroxylation is 1. The molecule has 3 aromatic carbocycles. The van der Waals surface area contributed by atoms with Gasteiger partial charge in [-0.1, -0.05) is 90.6 Å². The summed E-state index contributed by atoms with van der Waals surface area (Å²) in [6.07, 6.45) is 17.7. The second-order valence-corrected chi connectivity index (χ2v) is 11.8. The van der Waals surface area contributed by atoms with Crippen LogP contribution in [-0.2, 0) is 0 Å². The number of para-hydroxylation sites is 1. The van der Waals surface area contributed by atoms with E-state index in [0.29, 0.717) is 0 Å². The summed E-state index contributed by atoms with van der Waals surface area (Å²) >= 11 is 0. The Balaban J connectivity index is 1.42. The van der Waals surface area contributed by atoms with E-state index in [1.807, 2.05) is 6.92 Å². The third kappa shape index (κ3) is 3.94. The van der Waals surface area contributed by atoms with E-state index < -0.39 is 0 Å². The molecule has 1 aliphatic carbocycles. The van der Waals surface area contributed by atoms with E-state index in [-0.39, 0.29) is 0 Å². The zero-order chi connectivity index (χ0) is 29.1.